The van der Waals surface area contributed by atoms with E-state index in [1.54, 1.807) is 10.9 Å². The molecule has 1 aromatic heterocycles. The van der Waals surface area contributed by atoms with Crippen molar-refractivity contribution in [3.05, 3.63) is 78.1 Å². The average molecular weight is 370 g/mol. The van der Waals surface area contributed by atoms with Gasteiger partial charge in [0.1, 0.15) is 0 Å². The summed E-state index contributed by atoms with van der Waals surface area (Å²) in [6.07, 6.45) is 3.54. The Morgan fingerprint density at radius 3 is 2.42 bits per heavy atom. The fraction of sp³-hybridized carbons (Fsp3) is 0.111. The second-order valence-electron chi connectivity index (χ2n) is 5.54. The van der Waals surface area contributed by atoms with Crippen LogP contribution in [-0.4, -0.2) is 31.2 Å². The topological polar surface area (TPSA) is 93.1 Å². The van der Waals surface area contributed by atoms with E-state index < -0.39 is 10.0 Å². The van der Waals surface area contributed by atoms with Crippen molar-refractivity contribution in [2.75, 3.05) is 7.05 Å². The standard InChI is InChI=1S/C18H18N4O3S/c1-19-26(24,25)17-9-7-15(8-10-17)18(23)20-11-14-12-21-22(13-14)16-5-3-2-4-6-16/h2-10,12-13,19H,11H2,1H3,(H,20,23). The Labute approximate surface area is 151 Å². The maximum absolute atomic E-state index is 12.2. The van der Waals surface area contributed by atoms with E-state index in [1.807, 2.05) is 36.5 Å². The maximum Gasteiger partial charge on any atom is 0.251 e. The summed E-state index contributed by atoms with van der Waals surface area (Å²) in [5.74, 6) is -0.286. The van der Waals surface area contributed by atoms with E-state index >= 15 is 0 Å². The lowest BCUT2D eigenvalue weighted by molar-refractivity contribution is 0.0951. The Hall–Kier alpha value is -2.97. The van der Waals surface area contributed by atoms with Crippen molar-refractivity contribution in [1.82, 2.24) is 19.8 Å². The van der Waals surface area contributed by atoms with Gasteiger partial charge in [-0.2, -0.15) is 5.10 Å². The molecule has 0 saturated carbocycles. The van der Waals surface area contributed by atoms with Gasteiger partial charge in [-0.1, -0.05) is 18.2 Å². The van der Waals surface area contributed by atoms with Gasteiger partial charge in [-0.3, -0.25) is 4.79 Å². The summed E-state index contributed by atoms with van der Waals surface area (Å²) >= 11 is 0. The molecule has 0 aliphatic rings. The third kappa shape index (κ3) is 3.98. The van der Waals surface area contributed by atoms with Gasteiger partial charge in [-0.05, 0) is 43.4 Å². The number of para-hydroxylation sites is 1. The Morgan fingerprint density at radius 2 is 1.77 bits per heavy atom. The highest BCUT2D eigenvalue weighted by atomic mass is 32.2. The van der Waals surface area contributed by atoms with Crippen LogP contribution in [0.3, 0.4) is 0 Å². The first-order valence-electron chi connectivity index (χ1n) is 7.90. The van der Waals surface area contributed by atoms with Gasteiger partial charge in [0, 0.05) is 23.9 Å². The molecule has 1 amide bonds. The minimum Gasteiger partial charge on any atom is -0.348 e. The van der Waals surface area contributed by atoms with Crippen LogP contribution in [0.15, 0.2) is 71.9 Å². The van der Waals surface area contributed by atoms with E-state index in [0.29, 0.717) is 12.1 Å². The van der Waals surface area contributed by atoms with Crippen LogP contribution in [0.1, 0.15) is 15.9 Å². The summed E-state index contributed by atoms with van der Waals surface area (Å²) in [6.45, 7) is 0.322. The van der Waals surface area contributed by atoms with E-state index in [0.717, 1.165) is 11.3 Å². The molecule has 3 aromatic rings. The third-order valence-electron chi connectivity index (χ3n) is 3.81. The highest BCUT2D eigenvalue weighted by molar-refractivity contribution is 7.89. The minimum absolute atomic E-state index is 0.112. The fourth-order valence-electron chi connectivity index (χ4n) is 2.36. The highest BCUT2D eigenvalue weighted by Gasteiger charge is 2.12. The fourth-order valence-corrected chi connectivity index (χ4v) is 3.09. The van der Waals surface area contributed by atoms with E-state index in [9.17, 15) is 13.2 Å². The third-order valence-corrected chi connectivity index (χ3v) is 5.24. The van der Waals surface area contributed by atoms with Gasteiger partial charge in [-0.15, -0.1) is 0 Å². The lowest BCUT2D eigenvalue weighted by Crippen LogP contribution is -2.23. The quantitative estimate of drug-likeness (QED) is 0.691. The van der Waals surface area contributed by atoms with Crippen molar-refractivity contribution in [3.8, 4) is 5.69 Å². The number of aromatic nitrogens is 2. The number of carbonyl (C=O) groups excluding carboxylic acids is 1. The van der Waals surface area contributed by atoms with E-state index in [2.05, 4.69) is 15.1 Å². The molecular weight excluding hydrogens is 352 g/mol. The van der Waals surface area contributed by atoms with Crippen molar-refractivity contribution in [3.63, 3.8) is 0 Å². The number of sulfonamides is 1. The van der Waals surface area contributed by atoms with Crippen LogP contribution in [0, 0.1) is 0 Å². The van der Waals surface area contributed by atoms with Crippen LogP contribution in [0.25, 0.3) is 5.69 Å². The average Bonchev–Trinajstić information content (AvgIpc) is 3.16. The molecule has 7 nitrogen and oxygen atoms in total. The zero-order valence-electron chi connectivity index (χ0n) is 14.1. The van der Waals surface area contributed by atoms with Crippen molar-refractivity contribution in [2.24, 2.45) is 0 Å². The van der Waals surface area contributed by atoms with E-state index in [4.69, 9.17) is 0 Å². The molecule has 0 aliphatic heterocycles. The number of rotatable bonds is 6. The van der Waals surface area contributed by atoms with Crippen LogP contribution in [0.4, 0.5) is 0 Å². The summed E-state index contributed by atoms with van der Waals surface area (Å²) in [5.41, 5.74) is 2.18. The summed E-state index contributed by atoms with van der Waals surface area (Å²) < 4.78 is 27.3. The number of nitrogens with zero attached hydrogens (tertiary/aromatic N) is 2. The normalized spacial score (nSPS) is 11.3. The molecule has 1 heterocycles. The molecule has 3 rings (SSSR count). The maximum atomic E-state index is 12.2. The lowest BCUT2D eigenvalue weighted by Gasteiger charge is -2.06. The molecule has 0 saturated heterocycles. The van der Waals surface area contributed by atoms with Crippen LogP contribution in [0.2, 0.25) is 0 Å². The van der Waals surface area contributed by atoms with Crippen LogP contribution < -0.4 is 10.0 Å². The Balaban J connectivity index is 1.63. The number of benzene rings is 2. The second-order valence-corrected chi connectivity index (χ2v) is 7.43. The number of hydrogen-bond donors (Lipinski definition) is 2. The summed E-state index contributed by atoms with van der Waals surface area (Å²) in [7, 11) is -2.17. The van der Waals surface area contributed by atoms with Crippen molar-refractivity contribution >= 4 is 15.9 Å². The predicted octanol–water partition coefficient (Wildman–Crippen LogP) is 1.71. The molecule has 0 unspecified atom stereocenters. The molecule has 26 heavy (non-hydrogen) atoms. The Kier molecular flexibility index (Phi) is 5.15. The molecule has 0 spiro atoms. The molecule has 2 aromatic carbocycles. The van der Waals surface area contributed by atoms with Gasteiger partial charge in [0.15, 0.2) is 0 Å². The number of hydrogen-bond acceptors (Lipinski definition) is 4. The zero-order chi connectivity index (χ0) is 18.6. The first-order chi connectivity index (χ1) is 12.5. The number of amides is 1. The molecular formula is C18H18N4O3S. The van der Waals surface area contributed by atoms with Crippen molar-refractivity contribution in [2.45, 2.75) is 11.4 Å². The Bertz CT molecular complexity index is 996. The van der Waals surface area contributed by atoms with Crippen molar-refractivity contribution in [1.29, 1.82) is 0 Å². The van der Waals surface area contributed by atoms with Gasteiger partial charge in [0.05, 0.1) is 16.8 Å². The first-order valence-corrected chi connectivity index (χ1v) is 9.39. The number of carbonyl (C=O) groups is 1. The van der Waals surface area contributed by atoms with Gasteiger partial charge in [0.25, 0.3) is 5.91 Å². The van der Waals surface area contributed by atoms with E-state index in [1.165, 1.54) is 31.3 Å². The smallest absolute Gasteiger partial charge is 0.251 e. The summed E-state index contributed by atoms with van der Waals surface area (Å²) in [5, 5.41) is 7.07. The number of nitrogens with one attached hydrogen (secondary N) is 2. The second kappa shape index (κ2) is 7.51. The predicted molar refractivity (Wildman–Crippen MR) is 97.4 cm³/mol. The molecule has 134 valence electrons. The largest absolute Gasteiger partial charge is 0.348 e. The molecule has 0 radical (unpaired) electrons. The van der Waals surface area contributed by atoms with Gasteiger partial charge in [-0.25, -0.2) is 17.8 Å². The summed E-state index contributed by atoms with van der Waals surface area (Å²) in [4.78, 5) is 12.3. The highest BCUT2D eigenvalue weighted by Crippen LogP contribution is 2.11. The molecule has 0 bridgehead atoms. The molecule has 0 atom stereocenters. The van der Waals surface area contributed by atoms with Gasteiger partial charge >= 0.3 is 0 Å². The van der Waals surface area contributed by atoms with E-state index in [-0.39, 0.29) is 10.8 Å². The SMILES string of the molecule is CNS(=O)(=O)c1ccc(C(=O)NCc2cnn(-c3ccccc3)c2)cc1. The zero-order valence-corrected chi connectivity index (χ0v) is 14.9. The molecule has 0 fully saturated rings. The van der Waals surface area contributed by atoms with Crippen LogP contribution in [0.5, 0.6) is 0 Å². The molecule has 8 heteroatoms. The van der Waals surface area contributed by atoms with Crippen molar-refractivity contribution < 1.29 is 13.2 Å². The summed E-state index contributed by atoms with van der Waals surface area (Å²) in [6, 6.07) is 15.4. The van der Waals surface area contributed by atoms with Crippen LogP contribution in [-0.2, 0) is 16.6 Å². The first kappa shape index (κ1) is 17.8. The molecule has 0 aliphatic carbocycles. The Morgan fingerprint density at radius 1 is 1.08 bits per heavy atom. The van der Waals surface area contributed by atoms with Gasteiger partial charge < -0.3 is 5.32 Å². The minimum atomic E-state index is -3.51. The monoisotopic (exact) mass is 370 g/mol. The van der Waals surface area contributed by atoms with Gasteiger partial charge in [0.2, 0.25) is 10.0 Å². The lowest BCUT2D eigenvalue weighted by atomic mass is 10.2. The van der Waals surface area contributed by atoms with Crippen LogP contribution >= 0.6 is 0 Å². The molecule has 2 N–H and O–H groups in total.